The van der Waals surface area contributed by atoms with Crippen molar-refractivity contribution >= 4 is 16.0 Å². The van der Waals surface area contributed by atoms with Crippen LogP contribution in [-0.2, 0) is 21.2 Å². The van der Waals surface area contributed by atoms with E-state index in [0.29, 0.717) is 23.3 Å². The Balaban J connectivity index is 1.63. The van der Waals surface area contributed by atoms with Gasteiger partial charge in [-0.05, 0) is 98.3 Å². The molecule has 0 aliphatic rings. The zero-order valence-electron chi connectivity index (χ0n) is 19.6. The lowest BCUT2D eigenvalue weighted by molar-refractivity contribution is 0.0599. The lowest BCUT2D eigenvalue weighted by Gasteiger charge is -2.12. The van der Waals surface area contributed by atoms with Gasteiger partial charge in [-0.1, -0.05) is 18.2 Å². The number of aryl methyl sites for hydroxylation is 3. The first-order valence-corrected chi connectivity index (χ1v) is 12.1. The van der Waals surface area contributed by atoms with Gasteiger partial charge < -0.3 is 9.47 Å². The molecule has 3 aromatic rings. The highest BCUT2D eigenvalue weighted by Crippen LogP contribution is 2.24. The first kappa shape index (κ1) is 24.5. The van der Waals surface area contributed by atoms with Gasteiger partial charge in [0, 0.05) is 6.54 Å². The van der Waals surface area contributed by atoms with E-state index in [-0.39, 0.29) is 17.0 Å². The smallest absolute Gasteiger partial charge is 0.338 e. The molecule has 0 amide bonds. The fourth-order valence-electron chi connectivity index (χ4n) is 3.35. The predicted octanol–water partition coefficient (Wildman–Crippen LogP) is 5.02. The van der Waals surface area contributed by atoms with Gasteiger partial charge in [0.25, 0.3) is 0 Å². The minimum atomic E-state index is -3.77. The van der Waals surface area contributed by atoms with Gasteiger partial charge in [-0.15, -0.1) is 0 Å². The number of rotatable bonds is 8. The summed E-state index contributed by atoms with van der Waals surface area (Å²) in [6.45, 7) is 7.85. The van der Waals surface area contributed by atoms with Crippen molar-refractivity contribution in [2.24, 2.45) is 0 Å². The topological polar surface area (TPSA) is 81.7 Å². The molecule has 174 valence electrons. The summed E-state index contributed by atoms with van der Waals surface area (Å²) in [5.41, 5.74) is 5.00. The van der Waals surface area contributed by atoms with Crippen molar-refractivity contribution in [3.63, 3.8) is 0 Å². The van der Waals surface area contributed by atoms with Crippen molar-refractivity contribution in [2.45, 2.75) is 39.0 Å². The Morgan fingerprint density at radius 3 is 2.15 bits per heavy atom. The quantitative estimate of drug-likeness (QED) is 0.471. The maximum atomic E-state index is 12.8. The third kappa shape index (κ3) is 6.00. The molecule has 0 unspecified atom stereocenters. The van der Waals surface area contributed by atoms with E-state index in [1.54, 1.807) is 19.9 Å². The Morgan fingerprint density at radius 1 is 0.848 bits per heavy atom. The van der Waals surface area contributed by atoms with Crippen LogP contribution in [0.5, 0.6) is 11.5 Å². The summed E-state index contributed by atoms with van der Waals surface area (Å²) >= 11 is 0. The number of benzene rings is 3. The number of hydrogen-bond acceptors (Lipinski definition) is 5. The highest BCUT2D eigenvalue weighted by molar-refractivity contribution is 7.89. The van der Waals surface area contributed by atoms with Crippen LogP contribution < -0.4 is 9.46 Å². The van der Waals surface area contributed by atoms with Crippen molar-refractivity contribution < 1.29 is 22.7 Å². The van der Waals surface area contributed by atoms with E-state index in [1.807, 2.05) is 49.4 Å². The molecular formula is C26H29NO5S. The van der Waals surface area contributed by atoms with Crippen LogP contribution in [0.15, 0.2) is 59.5 Å². The van der Waals surface area contributed by atoms with Crippen LogP contribution in [-0.4, -0.2) is 28.0 Å². The predicted molar refractivity (Wildman–Crippen MR) is 129 cm³/mol. The molecule has 0 bridgehead atoms. The van der Waals surface area contributed by atoms with Crippen molar-refractivity contribution in [3.8, 4) is 11.5 Å². The summed E-state index contributed by atoms with van der Waals surface area (Å²) in [5.74, 6) is 0.933. The maximum absolute atomic E-state index is 12.8. The van der Waals surface area contributed by atoms with Crippen molar-refractivity contribution in [3.05, 3.63) is 88.0 Å². The summed E-state index contributed by atoms with van der Waals surface area (Å²) < 4.78 is 38.8. The molecule has 0 heterocycles. The largest absolute Gasteiger partial charge is 0.465 e. The standard InChI is InChI=1S/C26H29NO5S/c1-17-6-9-23(14-18(17)2)32-22-10-7-21(8-11-22)12-13-27-33(29,30)24-15-19(3)20(4)25(16-24)26(28)31-5/h6-11,14-16,27H,12-13H2,1-5H3. The van der Waals surface area contributed by atoms with Gasteiger partial charge in [0.2, 0.25) is 10.0 Å². The number of hydrogen-bond donors (Lipinski definition) is 1. The number of ether oxygens (including phenoxy) is 2. The first-order valence-electron chi connectivity index (χ1n) is 10.6. The van der Waals surface area contributed by atoms with Crippen LogP contribution in [0.25, 0.3) is 0 Å². The summed E-state index contributed by atoms with van der Waals surface area (Å²) in [4.78, 5) is 12.0. The molecule has 0 aromatic heterocycles. The number of nitrogens with one attached hydrogen (secondary N) is 1. The van der Waals surface area contributed by atoms with Gasteiger partial charge in [0.15, 0.2) is 0 Å². The van der Waals surface area contributed by atoms with Crippen molar-refractivity contribution in [2.75, 3.05) is 13.7 Å². The molecule has 0 aliphatic carbocycles. The normalized spacial score (nSPS) is 11.3. The molecule has 3 aromatic carbocycles. The summed E-state index contributed by atoms with van der Waals surface area (Å²) in [7, 11) is -2.50. The zero-order valence-corrected chi connectivity index (χ0v) is 20.4. The average molecular weight is 468 g/mol. The van der Waals surface area contributed by atoms with E-state index in [2.05, 4.69) is 11.6 Å². The fraction of sp³-hybridized carbons (Fsp3) is 0.269. The third-order valence-electron chi connectivity index (χ3n) is 5.70. The molecule has 0 saturated heterocycles. The van der Waals surface area contributed by atoms with Crippen molar-refractivity contribution in [1.82, 2.24) is 4.72 Å². The Morgan fingerprint density at radius 2 is 1.52 bits per heavy atom. The highest BCUT2D eigenvalue weighted by atomic mass is 32.2. The van der Waals surface area contributed by atoms with Crippen LogP contribution in [0.3, 0.4) is 0 Å². The molecule has 0 atom stereocenters. The Kier molecular flexibility index (Phi) is 7.56. The first-order chi connectivity index (χ1) is 15.6. The van der Waals surface area contributed by atoms with Crippen LogP contribution >= 0.6 is 0 Å². The van der Waals surface area contributed by atoms with E-state index >= 15 is 0 Å². The Labute approximate surface area is 195 Å². The second-order valence-electron chi connectivity index (χ2n) is 8.04. The Hall–Kier alpha value is -3.16. The van der Waals surface area contributed by atoms with E-state index in [1.165, 1.54) is 24.3 Å². The van der Waals surface area contributed by atoms with Crippen molar-refractivity contribution in [1.29, 1.82) is 0 Å². The molecule has 0 saturated carbocycles. The summed E-state index contributed by atoms with van der Waals surface area (Å²) in [5, 5.41) is 0. The molecule has 1 N–H and O–H groups in total. The monoisotopic (exact) mass is 467 g/mol. The second kappa shape index (κ2) is 10.2. The van der Waals surface area contributed by atoms with Crippen LogP contribution in [0, 0.1) is 27.7 Å². The maximum Gasteiger partial charge on any atom is 0.338 e. The minimum absolute atomic E-state index is 0.0446. The highest BCUT2D eigenvalue weighted by Gasteiger charge is 2.20. The molecule has 0 radical (unpaired) electrons. The lowest BCUT2D eigenvalue weighted by atomic mass is 10.0. The van der Waals surface area contributed by atoms with Gasteiger partial charge >= 0.3 is 5.97 Å². The molecule has 0 aliphatic heterocycles. The molecule has 33 heavy (non-hydrogen) atoms. The van der Waals surface area contributed by atoms with Gasteiger partial charge in [-0.3, -0.25) is 0 Å². The van der Waals surface area contributed by atoms with Gasteiger partial charge in [-0.2, -0.15) is 0 Å². The molecule has 3 rings (SSSR count). The third-order valence-corrected chi connectivity index (χ3v) is 7.14. The van der Waals surface area contributed by atoms with E-state index in [4.69, 9.17) is 9.47 Å². The number of esters is 1. The number of methoxy groups -OCH3 is 1. The summed E-state index contributed by atoms with van der Waals surface area (Å²) in [6, 6.07) is 16.4. The molecular weight excluding hydrogens is 438 g/mol. The lowest BCUT2D eigenvalue weighted by Crippen LogP contribution is -2.26. The van der Waals surface area contributed by atoms with Gasteiger partial charge in [0.05, 0.1) is 17.6 Å². The number of carbonyl (C=O) groups is 1. The zero-order chi connectivity index (χ0) is 24.2. The molecule has 0 spiro atoms. The number of carbonyl (C=O) groups excluding carboxylic acids is 1. The summed E-state index contributed by atoms with van der Waals surface area (Å²) in [6.07, 6.45) is 0.512. The van der Waals surface area contributed by atoms with Gasteiger partial charge in [-0.25, -0.2) is 17.9 Å². The molecule has 6 nitrogen and oxygen atoms in total. The number of sulfonamides is 1. The minimum Gasteiger partial charge on any atom is -0.465 e. The fourth-order valence-corrected chi connectivity index (χ4v) is 4.50. The Bertz CT molecular complexity index is 1260. The molecule has 7 heteroatoms. The van der Waals surface area contributed by atoms with E-state index in [9.17, 15) is 13.2 Å². The SMILES string of the molecule is COC(=O)c1cc(S(=O)(=O)NCCc2ccc(Oc3ccc(C)c(C)c3)cc2)cc(C)c1C. The van der Waals surface area contributed by atoms with Gasteiger partial charge in [0.1, 0.15) is 11.5 Å². The van der Waals surface area contributed by atoms with E-state index < -0.39 is 16.0 Å². The molecule has 0 fully saturated rings. The van der Waals surface area contributed by atoms with E-state index in [0.717, 1.165) is 11.3 Å². The van der Waals surface area contributed by atoms with Crippen LogP contribution in [0.2, 0.25) is 0 Å². The van der Waals surface area contributed by atoms with Crippen LogP contribution in [0.4, 0.5) is 0 Å². The average Bonchev–Trinajstić information content (AvgIpc) is 2.78. The van der Waals surface area contributed by atoms with Crippen LogP contribution in [0.1, 0.15) is 38.2 Å². The second-order valence-corrected chi connectivity index (χ2v) is 9.81.